The van der Waals surface area contributed by atoms with E-state index in [0.717, 1.165) is 0 Å². The monoisotopic (exact) mass is 382 g/mol. The third kappa shape index (κ3) is 3.80. The van der Waals surface area contributed by atoms with Crippen molar-refractivity contribution in [1.29, 1.82) is 5.26 Å². The van der Waals surface area contributed by atoms with Crippen LogP contribution in [0.2, 0.25) is 10.0 Å². The Labute approximate surface area is 159 Å². The number of benzene rings is 2. The van der Waals surface area contributed by atoms with Crippen molar-refractivity contribution in [1.82, 2.24) is 0 Å². The van der Waals surface area contributed by atoms with Gasteiger partial charge in [0, 0.05) is 10.6 Å². The average Bonchev–Trinajstić information content (AvgIpc) is 3.09. The van der Waals surface area contributed by atoms with Gasteiger partial charge in [-0.05, 0) is 53.6 Å². The number of allylic oxidation sites excluding steroid dienone is 1. The van der Waals surface area contributed by atoms with Gasteiger partial charge in [-0.1, -0.05) is 41.4 Å². The van der Waals surface area contributed by atoms with Gasteiger partial charge in [-0.3, -0.25) is 0 Å². The third-order valence-corrected chi connectivity index (χ3v) is 4.24. The highest BCUT2D eigenvalue weighted by Gasteiger charge is 2.11. The summed E-state index contributed by atoms with van der Waals surface area (Å²) in [6.07, 6.45) is 1.59. The largest absolute Gasteiger partial charge is 0.545 e. The summed E-state index contributed by atoms with van der Waals surface area (Å²) in [4.78, 5) is 11.0. The van der Waals surface area contributed by atoms with E-state index in [1.807, 2.05) is 0 Å². The van der Waals surface area contributed by atoms with Crippen LogP contribution < -0.4 is 5.11 Å². The molecule has 4 nitrogen and oxygen atoms in total. The molecule has 128 valence electrons. The van der Waals surface area contributed by atoms with Gasteiger partial charge in [-0.15, -0.1) is 0 Å². The van der Waals surface area contributed by atoms with Crippen molar-refractivity contribution in [3.8, 4) is 17.4 Å². The van der Waals surface area contributed by atoms with Gasteiger partial charge in [0.1, 0.15) is 11.5 Å². The van der Waals surface area contributed by atoms with Crippen molar-refractivity contribution in [3.05, 3.63) is 81.5 Å². The summed E-state index contributed by atoms with van der Waals surface area (Å²) < 4.78 is 5.71. The minimum absolute atomic E-state index is 0.00299. The van der Waals surface area contributed by atoms with Gasteiger partial charge in [0.25, 0.3) is 0 Å². The second-order valence-electron chi connectivity index (χ2n) is 5.36. The molecule has 1 aromatic heterocycles. The number of carbonyl (C=O) groups is 1. The van der Waals surface area contributed by atoms with Crippen LogP contribution in [0, 0.1) is 11.3 Å². The summed E-state index contributed by atoms with van der Waals surface area (Å²) in [5, 5.41) is 21.3. The standard InChI is InChI=1S/C20H11Cl2NO3/c21-15-4-1-12(2-5-15)14(11-23)9-16-6-8-19(26-16)17-10-13(20(24)25)3-7-18(17)22/h1-10H,(H,24,25)/p-1/b14-9+. The molecule has 1 heterocycles. The number of aromatic carboxylic acids is 1. The molecule has 26 heavy (non-hydrogen) atoms. The van der Waals surface area contributed by atoms with Crippen LogP contribution in [-0.4, -0.2) is 5.97 Å². The molecular weight excluding hydrogens is 373 g/mol. The minimum Gasteiger partial charge on any atom is -0.545 e. The zero-order valence-corrected chi connectivity index (χ0v) is 14.7. The van der Waals surface area contributed by atoms with Crippen molar-refractivity contribution in [2.45, 2.75) is 0 Å². The van der Waals surface area contributed by atoms with Crippen LogP contribution in [0.5, 0.6) is 0 Å². The molecule has 0 saturated heterocycles. The summed E-state index contributed by atoms with van der Waals surface area (Å²) in [7, 11) is 0. The molecule has 0 unspecified atom stereocenters. The third-order valence-electron chi connectivity index (χ3n) is 3.66. The zero-order chi connectivity index (χ0) is 18.7. The molecule has 0 atom stereocenters. The molecule has 0 amide bonds. The molecule has 6 heteroatoms. The Hall–Kier alpha value is -3.00. The number of nitrogens with zero attached hydrogens (tertiary/aromatic N) is 1. The van der Waals surface area contributed by atoms with Gasteiger partial charge in [0.05, 0.1) is 22.6 Å². The van der Waals surface area contributed by atoms with Gasteiger partial charge < -0.3 is 14.3 Å². The first-order valence-electron chi connectivity index (χ1n) is 7.47. The van der Waals surface area contributed by atoms with Crippen molar-refractivity contribution in [2.24, 2.45) is 0 Å². The van der Waals surface area contributed by atoms with E-state index in [2.05, 4.69) is 6.07 Å². The highest BCUT2D eigenvalue weighted by molar-refractivity contribution is 6.33. The number of furan rings is 1. The van der Waals surface area contributed by atoms with Gasteiger partial charge in [-0.25, -0.2) is 0 Å². The van der Waals surface area contributed by atoms with E-state index in [1.165, 1.54) is 18.2 Å². The average molecular weight is 383 g/mol. The maximum Gasteiger partial charge on any atom is 0.136 e. The first-order valence-corrected chi connectivity index (χ1v) is 8.22. The number of hydrogen-bond acceptors (Lipinski definition) is 4. The summed E-state index contributed by atoms with van der Waals surface area (Å²) in [6, 6.07) is 16.5. The molecule has 0 aliphatic carbocycles. The van der Waals surface area contributed by atoms with Crippen molar-refractivity contribution in [3.63, 3.8) is 0 Å². The molecule has 0 fully saturated rings. The summed E-state index contributed by atoms with van der Waals surface area (Å²) in [5.74, 6) is -0.483. The van der Waals surface area contributed by atoms with Gasteiger partial charge in [-0.2, -0.15) is 5.26 Å². The maximum absolute atomic E-state index is 11.0. The van der Waals surface area contributed by atoms with E-state index in [1.54, 1.807) is 42.5 Å². The van der Waals surface area contributed by atoms with Gasteiger partial charge >= 0.3 is 0 Å². The molecule has 0 bridgehead atoms. The number of carboxylic acid groups (broad SMARTS) is 1. The van der Waals surface area contributed by atoms with E-state index in [9.17, 15) is 15.2 Å². The Bertz CT molecular complexity index is 1040. The molecule has 0 aliphatic heterocycles. The van der Waals surface area contributed by atoms with Gasteiger partial charge in [0.15, 0.2) is 0 Å². The van der Waals surface area contributed by atoms with E-state index >= 15 is 0 Å². The highest BCUT2D eigenvalue weighted by Crippen LogP contribution is 2.31. The van der Waals surface area contributed by atoms with Crippen LogP contribution in [0.3, 0.4) is 0 Å². The molecule has 0 aliphatic rings. The molecule has 0 spiro atoms. The first-order chi connectivity index (χ1) is 12.5. The molecule has 3 aromatic rings. The quantitative estimate of drug-likeness (QED) is 0.613. The highest BCUT2D eigenvalue weighted by atomic mass is 35.5. The van der Waals surface area contributed by atoms with E-state index < -0.39 is 5.97 Å². The second kappa shape index (κ2) is 7.49. The fourth-order valence-electron chi connectivity index (χ4n) is 2.37. The predicted octanol–water partition coefficient (Wildman–Crippen LogP) is 4.68. The normalized spacial score (nSPS) is 11.2. The van der Waals surface area contributed by atoms with E-state index in [4.69, 9.17) is 27.6 Å². The van der Waals surface area contributed by atoms with Crippen LogP contribution >= 0.6 is 23.2 Å². The fourth-order valence-corrected chi connectivity index (χ4v) is 2.70. The lowest BCUT2D eigenvalue weighted by Crippen LogP contribution is -2.22. The number of rotatable bonds is 4. The fraction of sp³-hybridized carbons (Fsp3) is 0. The Morgan fingerprint density at radius 3 is 2.38 bits per heavy atom. The number of halogens is 2. The van der Waals surface area contributed by atoms with E-state index in [0.29, 0.717) is 38.3 Å². The van der Waals surface area contributed by atoms with Crippen LogP contribution in [0.1, 0.15) is 21.7 Å². The predicted molar refractivity (Wildman–Crippen MR) is 98.4 cm³/mol. The van der Waals surface area contributed by atoms with Gasteiger partial charge in [0.2, 0.25) is 0 Å². The van der Waals surface area contributed by atoms with Crippen LogP contribution in [0.25, 0.3) is 23.0 Å². The number of carboxylic acids is 1. The minimum atomic E-state index is -1.30. The molecule has 3 rings (SSSR count). The van der Waals surface area contributed by atoms with Crippen LogP contribution in [-0.2, 0) is 0 Å². The van der Waals surface area contributed by atoms with Crippen molar-refractivity contribution in [2.75, 3.05) is 0 Å². The Kier molecular flexibility index (Phi) is 5.13. The molecular formula is C20H10Cl2NO3-. The summed E-state index contributed by atoms with van der Waals surface area (Å²) in [6.45, 7) is 0. The smallest absolute Gasteiger partial charge is 0.136 e. The summed E-state index contributed by atoms with van der Waals surface area (Å²) in [5.41, 5.74) is 1.53. The summed E-state index contributed by atoms with van der Waals surface area (Å²) >= 11 is 12.0. The van der Waals surface area contributed by atoms with E-state index in [-0.39, 0.29) is 5.56 Å². The lowest BCUT2D eigenvalue weighted by Gasteiger charge is -2.06. The lowest BCUT2D eigenvalue weighted by atomic mass is 10.1. The number of hydrogen-bond donors (Lipinski definition) is 0. The molecule has 0 saturated carbocycles. The number of nitriles is 1. The topological polar surface area (TPSA) is 77.1 Å². The molecule has 0 N–H and O–H groups in total. The number of carbonyl (C=O) groups excluding carboxylic acids is 1. The van der Waals surface area contributed by atoms with Crippen LogP contribution in [0.15, 0.2) is 59.0 Å². The Morgan fingerprint density at radius 2 is 1.73 bits per heavy atom. The molecule has 2 aromatic carbocycles. The SMILES string of the molecule is N#C/C(=C\c1ccc(-c2cc(C(=O)[O-])ccc2Cl)o1)c1ccc(Cl)cc1. The van der Waals surface area contributed by atoms with Crippen molar-refractivity contribution < 1.29 is 14.3 Å². The maximum atomic E-state index is 11.0. The zero-order valence-electron chi connectivity index (χ0n) is 13.2. The Balaban J connectivity index is 1.97. The van der Waals surface area contributed by atoms with Crippen LogP contribution in [0.4, 0.5) is 0 Å². The Morgan fingerprint density at radius 1 is 1.04 bits per heavy atom. The second-order valence-corrected chi connectivity index (χ2v) is 6.20. The van der Waals surface area contributed by atoms with Crippen molar-refractivity contribution >= 4 is 40.8 Å². The lowest BCUT2D eigenvalue weighted by molar-refractivity contribution is -0.255. The molecule has 0 radical (unpaired) electrons. The first kappa shape index (κ1) is 17.8.